The summed E-state index contributed by atoms with van der Waals surface area (Å²) in [7, 11) is 0. The van der Waals surface area contributed by atoms with E-state index in [1.807, 2.05) is 0 Å². The highest BCUT2D eigenvalue weighted by atomic mass is 16.2. The summed E-state index contributed by atoms with van der Waals surface area (Å²) < 4.78 is 0. The molecule has 4 rings (SSSR count). The zero-order valence-electron chi connectivity index (χ0n) is 13.7. The van der Waals surface area contributed by atoms with Gasteiger partial charge in [0.25, 0.3) is 0 Å². The van der Waals surface area contributed by atoms with Gasteiger partial charge in [-0.25, -0.2) is 0 Å². The summed E-state index contributed by atoms with van der Waals surface area (Å²) in [5, 5.41) is 12.7. The molecule has 4 aliphatic rings. The van der Waals surface area contributed by atoms with Gasteiger partial charge in [0.05, 0.1) is 18.8 Å². The van der Waals surface area contributed by atoms with E-state index >= 15 is 0 Å². The lowest BCUT2D eigenvalue weighted by atomic mass is 9.99. The first-order valence-corrected chi connectivity index (χ1v) is 8.93. The maximum atomic E-state index is 12.9. The Labute approximate surface area is 137 Å². The third kappa shape index (κ3) is 2.80. The van der Waals surface area contributed by atoms with Crippen molar-refractivity contribution in [2.75, 3.05) is 52.4 Å². The monoisotopic (exact) mass is 318 g/mol. The highest BCUT2D eigenvalue weighted by Gasteiger charge is 2.44. The number of nitrogens with one attached hydrogen (secondary N) is 1. The van der Waals surface area contributed by atoms with E-state index < -0.39 is 0 Å². The number of fused-ring (bicyclic) bond motifs is 1. The molecule has 4 aliphatic heterocycles. The van der Waals surface area contributed by atoms with Crippen LogP contribution in [0.3, 0.4) is 0 Å². The maximum absolute atomic E-state index is 12.9. The van der Waals surface area contributed by atoms with E-state index in [1.54, 1.807) is 4.90 Å². The van der Waals surface area contributed by atoms with Crippen molar-refractivity contribution in [3.8, 4) is 6.19 Å². The number of piperazine rings is 2. The van der Waals surface area contributed by atoms with Gasteiger partial charge >= 0.3 is 0 Å². The topological polar surface area (TPSA) is 65.9 Å². The van der Waals surface area contributed by atoms with Crippen LogP contribution in [-0.4, -0.2) is 96.1 Å². The van der Waals surface area contributed by atoms with Crippen molar-refractivity contribution in [3.05, 3.63) is 0 Å². The van der Waals surface area contributed by atoms with Gasteiger partial charge in [-0.3, -0.25) is 14.6 Å². The van der Waals surface area contributed by atoms with Gasteiger partial charge in [-0.1, -0.05) is 0 Å². The number of nitrogens with zero attached hydrogens (tertiary/aromatic N) is 5. The molecule has 1 amide bonds. The molecule has 0 saturated carbocycles. The normalized spacial score (nSPS) is 34.0. The van der Waals surface area contributed by atoms with Crippen molar-refractivity contribution in [2.45, 2.75) is 37.5 Å². The molecule has 0 radical (unpaired) electrons. The van der Waals surface area contributed by atoms with Crippen LogP contribution in [0.5, 0.6) is 0 Å². The van der Waals surface area contributed by atoms with Gasteiger partial charge < -0.3 is 15.1 Å². The highest BCUT2D eigenvalue weighted by Crippen LogP contribution is 2.25. The fourth-order valence-corrected chi connectivity index (χ4v) is 4.40. The predicted molar refractivity (Wildman–Crippen MR) is 85.3 cm³/mol. The molecule has 0 aromatic rings. The molecule has 2 atom stereocenters. The zero-order chi connectivity index (χ0) is 15.8. The molecule has 0 spiro atoms. The zero-order valence-corrected chi connectivity index (χ0v) is 13.7. The summed E-state index contributed by atoms with van der Waals surface area (Å²) in [6.45, 7) is 7.07. The lowest BCUT2D eigenvalue weighted by molar-refractivity contribution is -0.153. The van der Waals surface area contributed by atoms with Crippen LogP contribution in [0.2, 0.25) is 0 Å². The Balaban J connectivity index is 1.34. The van der Waals surface area contributed by atoms with Gasteiger partial charge in [0.2, 0.25) is 5.91 Å². The number of hydrogen-bond acceptors (Lipinski definition) is 6. The van der Waals surface area contributed by atoms with E-state index in [-0.39, 0.29) is 11.9 Å². The molecule has 126 valence electrons. The molecule has 0 bridgehead atoms. The number of carbonyl (C=O) groups is 1. The van der Waals surface area contributed by atoms with Crippen LogP contribution in [0, 0.1) is 11.5 Å². The van der Waals surface area contributed by atoms with Crippen molar-refractivity contribution >= 4 is 5.91 Å². The number of likely N-dealkylation sites (tertiary alicyclic amines) is 1. The van der Waals surface area contributed by atoms with Crippen molar-refractivity contribution in [1.29, 1.82) is 5.26 Å². The van der Waals surface area contributed by atoms with Gasteiger partial charge in [0.15, 0.2) is 6.19 Å². The smallest absolute Gasteiger partial charge is 0.242 e. The van der Waals surface area contributed by atoms with Crippen LogP contribution in [0.1, 0.15) is 19.3 Å². The van der Waals surface area contributed by atoms with Crippen LogP contribution in [0.25, 0.3) is 0 Å². The quantitative estimate of drug-likeness (QED) is 0.664. The Kier molecular flexibility index (Phi) is 4.14. The molecule has 1 unspecified atom stereocenters. The minimum absolute atomic E-state index is 0.112. The predicted octanol–water partition coefficient (Wildman–Crippen LogP) is -0.920. The van der Waals surface area contributed by atoms with Crippen molar-refractivity contribution < 1.29 is 4.79 Å². The lowest BCUT2D eigenvalue weighted by Crippen LogP contribution is -2.72. The Morgan fingerprint density at radius 2 is 1.87 bits per heavy atom. The summed E-state index contributed by atoms with van der Waals surface area (Å²) in [5.41, 5.74) is 0. The second-order valence-corrected chi connectivity index (χ2v) is 7.20. The number of hydrogen-bond donors (Lipinski definition) is 1. The van der Waals surface area contributed by atoms with Gasteiger partial charge in [0.1, 0.15) is 6.04 Å². The summed E-state index contributed by atoms with van der Waals surface area (Å²) in [6.07, 6.45) is 6.53. The molecule has 1 N–H and O–H groups in total. The van der Waals surface area contributed by atoms with Crippen LogP contribution in [-0.2, 0) is 4.79 Å². The minimum atomic E-state index is -0.112. The van der Waals surface area contributed by atoms with E-state index in [0.29, 0.717) is 18.8 Å². The molecule has 0 aliphatic carbocycles. The Hall–Kier alpha value is -1.36. The molecule has 7 heteroatoms. The molecule has 0 aromatic carbocycles. The second-order valence-electron chi connectivity index (χ2n) is 7.20. The summed E-state index contributed by atoms with van der Waals surface area (Å²) >= 11 is 0. The highest BCUT2D eigenvalue weighted by molar-refractivity contribution is 5.83. The van der Waals surface area contributed by atoms with E-state index in [9.17, 15) is 4.79 Å². The first kappa shape index (κ1) is 15.2. The molecule has 23 heavy (non-hydrogen) atoms. The average molecular weight is 318 g/mol. The van der Waals surface area contributed by atoms with Crippen molar-refractivity contribution in [1.82, 2.24) is 24.9 Å². The summed E-state index contributed by atoms with van der Waals surface area (Å²) in [5.74, 6) is 0.234. The molecule has 4 fully saturated rings. The fraction of sp³-hybridized carbons (Fsp3) is 0.875. The first-order chi connectivity index (χ1) is 11.3. The summed E-state index contributed by atoms with van der Waals surface area (Å²) in [6, 6.07) is 0.254. The largest absolute Gasteiger partial charge is 0.334 e. The van der Waals surface area contributed by atoms with Crippen LogP contribution < -0.4 is 5.32 Å². The molecular formula is C16H26N6O. The minimum Gasteiger partial charge on any atom is -0.334 e. The third-order valence-corrected chi connectivity index (χ3v) is 5.89. The Bertz CT molecular complexity index is 493. The SMILES string of the molecule is N#CN1CCN2CCN(C3CN(C4CCCCN4)C3)C(=O)[C@H]2C1. The average Bonchev–Trinajstić information content (AvgIpc) is 2.56. The van der Waals surface area contributed by atoms with Crippen LogP contribution >= 0.6 is 0 Å². The maximum Gasteiger partial charge on any atom is 0.242 e. The Morgan fingerprint density at radius 1 is 1.04 bits per heavy atom. The number of rotatable bonds is 2. The Morgan fingerprint density at radius 3 is 2.61 bits per heavy atom. The van der Waals surface area contributed by atoms with Gasteiger partial charge in [0, 0.05) is 39.3 Å². The van der Waals surface area contributed by atoms with Gasteiger partial charge in [-0.2, -0.15) is 5.26 Å². The summed E-state index contributed by atoms with van der Waals surface area (Å²) in [4.78, 5) is 21.4. The molecule has 4 heterocycles. The van der Waals surface area contributed by atoms with Gasteiger partial charge in [-0.15, -0.1) is 0 Å². The standard InChI is InChI=1S/C16H26N6O/c17-12-19-5-6-20-7-8-22(16(23)14(20)11-19)13-9-21(10-13)15-3-1-2-4-18-15/h13-15,18H,1-11H2/t14-,15?/m1/s1. The van der Waals surface area contributed by atoms with E-state index in [0.717, 1.165) is 45.8 Å². The number of piperidine rings is 1. The first-order valence-electron chi connectivity index (χ1n) is 8.93. The van der Waals surface area contributed by atoms with Crippen molar-refractivity contribution in [2.24, 2.45) is 0 Å². The molecular weight excluding hydrogens is 292 g/mol. The van der Waals surface area contributed by atoms with Crippen molar-refractivity contribution in [3.63, 3.8) is 0 Å². The van der Waals surface area contributed by atoms with Crippen LogP contribution in [0.4, 0.5) is 0 Å². The third-order valence-electron chi connectivity index (χ3n) is 5.89. The molecule has 4 saturated heterocycles. The van der Waals surface area contributed by atoms with E-state index in [4.69, 9.17) is 5.26 Å². The van der Waals surface area contributed by atoms with E-state index in [1.165, 1.54) is 19.3 Å². The van der Waals surface area contributed by atoms with Gasteiger partial charge in [-0.05, 0) is 25.8 Å². The number of carbonyl (C=O) groups excluding carboxylic acids is 1. The van der Waals surface area contributed by atoms with Crippen LogP contribution in [0.15, 0.2) is 0 Å². The number of amides is 1. The van der Waals surface area contributed by atoms with E-state index in [2.05, 4.69) is 26.2 Å². The lowest BCUT2D eigenvalue weighted by Gasteiger charge is -2.53. The second kappa shape index (κ2) is 6.27. The molecule has 7 nitrogen and oxygen atoms in total. The molecule has 0 aromatic heterocycles. The fourth-order valence-electron chi connectivity index (χ4n) is 4.40. The number of nitriles is 1.